The molecule has 0 unspecified atom stereocenters. The van der Waals surface area contributed by atoms with Crippen molar-refractivity contribution in [1.29, 1.82) is 0 Å². The van der Waals surface area contributed by atoms with Crippen LogP contribution in [0.25, 0.3) is 0 Å². The van der Waals surface area contributed by atoms with Crippen LogP contribution >= 0.6 is 15.9 Å². The summed E-state index contributed by atoms with van der Waals surface area (Å²) in [6.45, 7) is 1.97. The number of aliphatic imine (C=N–C) groups is 1. The monoisotopic (exact) mass is 241 g/mol. The van der Waals surface area contributed by atoms with Crippen molar-refractivity contribution in [1.82, 2.24) is 10.6 Å². The molecular formula is C9H12BrN3. The van der Waals surface area contributed by atoms with Crippen molar-refractivity contribution in [2.24, 2.45) is 4.99 Å². The highest BCUT2D eigenvalue weighted by molar-refractivity contribution is 9.11. The number of hydrogen-bond donors (Lipinski definition) is 2. The van der Waals surface area contributed by atoms with E-state index in [-0.39, 0.29) is 0 Å². The molecule has 0 aromatic heterocycles. The van der Waals surface area contributed by atoms with Gasteiger partial charge in [-0.15, -0.1) is 0 Å². The van der Waals surface area contributed by atoms with E-state index in [1.807, 2.05) is 31.4 Å². The number of halogens is 1. The van der Waals surface area contributed by atoms with E-state index < -0.39 is 0 Å². The van der Waals surface area contributed by atoms with Gasteiger partial charge in [0.25, 0.3) is 0 Å². The number of hydrogen-bond acceptors (Lipinski definition) is 2. The van der Waals surface area contributed by atoms with Crippen LogP contribution < -0.4 is 10.6 Å². The third kappa shape index (κ3) is 2.73. The van der Waals surface area contributed by atoms with E-state index >= 15 is 0 Å². The van der Waals surface area contributed by atoms with Gasteiger partial charge in [-0.2, -0.15) is 0 Å². The molecule has 13 heavy (non-hydrogen) atoms. The summed E-state index contributed by atoms with van der Waals surface area (Å²) >= 11 is 3.33. The van der Waals surface area contributed by atoms with E-state index in [1.54, 1.807) is 7.05 Å². The van der Waals surface area contributed by atoms with Gasteiger partial charge in [0.2, 0.25) is 0 Å². The van der Waals surface area contributed by atoms with Crippen molar-refractivity contribution < 1.29 is 0 Å². The van der Waals surface area contributed by atoms with E-state index in [9.17, 15) is 0 Å². The molecule has 0 fully saturated rings. The van der Waals surface area contributed by atoms with Gasteiger partial charge >= 0.3 is 0 Å². The summed E-state index contributed by atoms with van der Waals surface area (Å²) in [5, 5.41) is 6.20. The number of nitrogens with zero attached hydrogens (tertiary/aromatic N) is 1. The maximum atomic E-state index is 4.10. The minimum atomic E-state index is 0.826. The predicted molar refractivity (Wildman–Crippen MR) is 59.5 cm³/mol. The van der Waals surface area contributed by atoms with Crippen LogP contribution in [0.1, 0.15) is 6.92 Å². The minimum Gasteiger partial charge on any atom is -0.356 e. The fourth-order valence-corrected chi connectivity index (χ4v) is 1.22. The molecule has 0 bridgehead atoms. The minimum absolute atomic E-state index is 0.826. The molecule has 0 saturated heterocycles. The molecular weight excluding hydrogens is 230 g/mol. The van der Waals surface area contributed by atoms with Crippen molar-refractivity contribution in [3.8, 4) is 0 Å². The Morgan fingerprint density at radius 1 is 1.54 bits per heavy atom. The maximum Gasteiger partial charge on any atom is 0.149 e. The Morgan fingerprint density at radius 3 is 2.92 bits per heavy atom. The molecule has 4 heteroatoms. The molecule has 2 N–H and O–H groups in total. The van der Waals surface area contributed by atoms with Gasteiger partial charge in [0, 0.05) is 13.2 Å². The summed E-state index contributed by atoms with van der Waals surface area (Å²) in [7, 11) is 1.75. The topological polar surface area (TPSA) is 36.4 Å². The first kappa shape index (κ1) is 10.1. The smallest absolute Gasteiger partial charge is 0.149 e. The van der Waals surface area contributed by atoms with Gasteiger partial charge in [-0.05, 0) is 28.9 Å². The Balaban J connectivity index is 2.87. The normalized spacial score (nSPS) is 23.2. The molecule has 1 heterocycles. The fourth-order valence-electron chi connectivity index (χ4n) is 0.922. The lowest BCUT2D eigenvalue weighted by molar-refractivity contribution is 1.01. The largest absolute Gasteiger partial charge is 0.356 e. The highest BCUT2D eigenvalue weighted by Gasteiger charge is 2.09. The molecule has 0 aliphatic carbocycles. The van der Waals surface area contributed by atoms with Crippen molar-refractivity contribution in [3.05, 3.63) is 34.7 Å². The van der Waals surface area contributed by atoms with Gasteiger partial charge in [-0.25, -0.2) is 0 Å². The van der Waals surface area contributed by atoms with Crippen molar-refractivity contribution in [2.75, 3.05) is 7.05 Å². The molecule has 0 radical (unpaired) electrons. The Kier molecular flexibility index (Phi) is 3.76. The first-order chi connectivity index (χ1) is 6.27. The standard InChI is InChI=1S/C9H12BrN3/c1-3-4-5-7-9(11-2)13-8(10)6-12-7/h3-6,12H,1-2H3,(H,11,13)/b4-3+,7-5-. The molecule has 1 aliphatic rings. The van der Waals surface area contributed by atoms with Gasteiger partial charge < -0.3 is 10.6 Å². The Labute approximate surface area is 86.4 Å². The van der Waals surface area contributed by atoms with Gasteiger partial charge in [-0.1, -0.05) is 12.2 Å². The van der Waals surface area contributed by atoms with E-state index in [0.717, 1.165) is 16.1 Å². The van der Waals surface area contributed by atoms with Crippen molar-refractivity contribution in [3.63, 3.8) is 0 Å². The average Bonchev–Trinajstić information content (AvgIpc) is 2.16. The van der Waals surface area contributed by atoms with Crippen LogP contribution in [0.3, 0.4) is 0 Å². The molecule has 1 rings (SSSR count). The Bertz CT molecular complexity index is 300. The first-order valence-corrected chi connectivity index (χ1v) is 4.76. The third-order valence-corrected chi connectivity index (χ3v) is 1.95. The summed E-state index contributed by atoms with van der Waals surface area (Å²) in [5.74, 6) is 0.826. The van der Waals surface area contributed by atoms with Crippen molar-refractivity contribution >= 4 is 21.8 Å². The zero-order valence-electron chi connectivity index (χ0n) is 7.63. The lowest BCUT2D eigenvalue weighted by Gasteiger charge is -2.17. The molecule has 0 saturated carbocycles. The lowest BCUT2D eigenvalue weighted by Crippen LogP contribution is -2.33. The fraction of sp³-hybridized carbons (Fsp3) is 0.222. The molecule has 0 aromatic carbocycles. The molecule has 0 amide bonds. The molecule has 0 spiro atoms. The maximum absolute atomic E-state index is 4.10. The third-order valence-electron chi connectivity index (χ3n) is 1.53. The number of rotatable bonds is 1. The molecule has 1 aliphatic heterocycles. The Morgan fingerprint density at radius 2 is 2.31 bits per heavy atom. The highest BCUT2D eigenvalue weighted by atomic mass is 79.9. The average molecular weight is 242 g/mol. The van der Waals surface area contributed by atoms with Crippen LogP contribution in [-0.2, 0) is 0 Å². The second-order valence-corrected chi connectivity index (χ2v) is 3.29. The zero-order chi connectivity index (χ0) is 9.68. The highest BCUT2D eigenvalue weighted by Crippen LogP contribution is 2.07. The van der Waals surface area contributed by atoms with Gasteiger partial charge in [0.05, 0.1) is 10.3 Å². The van der Waals surface area contributed by atoms with Gasteiger partial charge in [0.15, 0.2) is 0 Å². The summed E-state index contributed by atoms with van der Waals surface area (Å²) < 4.78 is 0.880. The van der Waals surface area contributed by atoms with E-state index in [4.69, 9.17) is 0 Å². The van der Waals surface area contributed by atoms with Crippen LogP contribution in [0.2, 0.25) is 0 Å². The van der Waals surface area contributed by atoms with Crippen LogP contribution in [0, 0.1) is 0 Å². The SMILES string of the molecule is C/C=C/C=C1\NC=C(Br)NC1=NC. The second kappa shape index (κ2) is 4.87. The second-order valence-electron chi connectivity index (χ2n) is 2.44. The van der Waals surface area contributed by atoms with E-state index in [0.29, 0.717) is 0 Å². The lowest BCUT2D eigenvalue weighted by atomic mass is 10.3. The first-order valence-electron chi connectivity index (χ1n) is 3.97. The summed E-state index contributed by atoms with van der Waals surface area (Å²) in [6, 6.07) is 0. The number of nitrogens with one attached hydrogen (secondary N) is 2. The van der Waals surface area contributed by atoms with Gasteiger partial charge in [-0.3, -0.25) is 4.99 Å². The molecule has 3 nitrogen and oxygen atoms in total. The van der Waals surface area contributed by atoms with E-state index in [1.165, 1.54) is 0 Å². The summed E-state index contributed by atoms with van der Waals surface area (Å²) in [4.78, 5) is 4.10. The van der Waals surface area contributed by atoms with Crippen LogP contribution in [0.15, 0.2) is 39.7 Å². The number of amidine groups is 1. The number of allylic oxidation sites excluding steroid dienone is 3. The van der Waals surface area contributed by atoms with Crippen LogP contribution in [-0.4, -0.2) is 12.9 Å². The summed E-state index contributed by atoms with van der Waals surface area (Å²) in [6.07, 6.45) is 7.73. The van der Waals surface area contributed by atoms with E-state index in [2.05, 4.69) is 31.6 Å². The molecule has 70 valence electrons. The summed E-state index contributed by atoms with van der Waals surface area (Å²) in [5.41, 5.74) is 0.962. The Hall–Kier alpha value is -1.03. The molecule has 0 aromatic rings. The zero-order valence-corrected chi connectivity index (χ0v) is 9.22. The molecule has 0 atom stereocenters. The van der Waals surface area contributed by atoms with Crippen LogP contribution in [0.4, 0.5) is 0 Å². The van der Waals surface area contributed by atoms with Crippen LogP contribution in [0.5, 0.6) is 0 Å². The predicted octanol–water partition coefficient (Wildman–Crippen LogP) is 1.86. The quantitative estimate of drug-likeness (QED) is 0.688. The van der Waals surface area contributed by atoms with Crippen molar-refractivity contribution in [2.45, 2.75) is 6.92 Å². The van der Waals surface area contributed by atoms with Gasteiger partial charge in [0.1, 0.15) is 5.84 Å².